The lowest BCUT2D eigenvalue weighted by molar-refractivity contribution is 0.0757. The first kappa shape index (κ1) is 18.2. The molecule has 8 nitrogen and oxygen atoms in total. The summed E-state index contributed by atoms with van der Waals surface area (Å²) < 4.78 is 31.5. The SMILES string of the molecule is CC[C@H](NC(=O)N1CCS(=O)(=O)C[C@@H]1c1cnn(C)c1)[C@@H]1CCCO1. The van der Waals surface area contributed by atoms with Crippen LogP contribution in [0.2, 0.25) is 0 Å². The Morgan fingerprint density at radius 3 is 2.92 bits per heavy atom. The molecule has 2 saturated heterocycles. The van der Waals surface area contributed by atoms with E-state index >= 15 is 0 Å². The van der Waals surface area contributed by atoms with Gasteiger partial charge in [-0.2, -0.15) is 5.10 Å². The Hall–Kier alpha value is -1.61. The molecule has 0 saturated carbocycles. The van der Waals surface area contributed by atoms with Crippen LogP contribution < -0.4 is 5.32 Å². The summed E-state index contributed by atoms with van der Waals surface area (Å²) in [5, 5.41) is 7.17. The zero-order chi connectivity index (χ0) is 18.0. The summed E-state index contributed by atoms with van der Waals surface area (Å²) >= 11 is 0. The van der Waals surface area contributed by atoms with Crippen molar-refractivity contribution in [2.75, 3.05) is 24.7 Å². The van der Waals surface area contributed by atoms with Gasteiger partial charge in [0.1, 0.15) is 0 Å². The van der Waals surface area contributed by atoms with Gasteiger partial charge in [-0.25, -0.2) is 13.2 Å². The number of nitrogens with one attached hydrogen (secondary N) is 1. The number of aryl methyl sites for hydroxylation is 1. The molecule has 2 fully saturated rings. The number of nitrogens with zero attached hydrogens (tertiary/aromatic N) is 3. The van der Waals surface area contributed by atoms with Gasteiger partial charge in [-0.1, -0.05) is 6.92 Å². The third-order valence-electron chi connectivity index (χ3n) is 4.96. The summed E-state index contributed by atoms with van der Waals surface area (Å²) in [5.41, 5.74) is 0.742. The molecule has 2 aliphatic rings. The molecule has 3 heterocycles. The van der Waals surface area contributed by atoms with Crippen molar-refractivity contribution in [3.05, 3.63) is 18.0 Å². The molecule has 0 unspecified atom stereocenters. The predicted molar refractivity (Wildman–Crippen MR) is 92.9 cm³/mol. The van der Waals surface area contributed by atoms with Gasteiger partial charge in [0.15, 0.2) is 9.84 Å². The average Bonchev–Trinajstić information content (AvgIpc) is 3.23. The van der Waals surface area contributed by atoms with Gasteiger partial charge >= 0.3 is 6.03 Å². The lowest BCUT2D eigenvalue weighted by atomic mass is 10.1. The first-order chi connectivity index (χ1) is 11.9. The van der Waals surface area contributed by atoms with Gasteiger partial charge in [0.2, 0.25) is 0 Å². The Kier molecular flexibility index (Phi) is 5.33. The lowest BCUT2D eigenvalue weighted by Crippen LogP contribution is -2.54. The summed E-state index contributed by atoms with van der Waals surface area (Å²) in [6.45, 7) is 2.94. The van der Waals surface area contributed by atoms with E-state index in [1.54, 1.807) is 29.0 Å². The van der Waals surface area contributed by atoms with E-state index in [-0.39, 0.29) is 36.2 Å². The summed E-state index contributed by atoms with van der Waals surface area (Å²) in [6, 6.07) is -0.788. The van der Waals surface area contributed by atoms with Crippen molar-refractivity contribution < 1.29 is 17.9 Å². The molecular weight excluding hydrogens is 344 g/mol. The first-order valence-electron chi connectivity index (χ1n) is 8.77. The Balaban J connectivity index is 1.76. The molecule has 0 spiro atoms. The van der Waals surface area contributed by atoms with E-state index in [0.29, 0.717) is 0 Å². The molecule has 0 aromatic carbocycles. The van der Waals surface area contributed by atoms with Crippen LogP contribution in [-0.2, 0) is 21.6 Å². The van der Waals surface area contributed by atoms with E-state index in [4.69, 9.17) is 4.74 Å². The van der Waals surface area contributed by atoms with Crippen molar-refractivity contribution in [3.8, 4) is 0 Å². The second kappa shape index (κ2) is 7.33. The fourth-order valence-corrected chi connectivity index (χ4v) is 5.05. The monoisotopic (exact) mass is 370 g/mol. The molecule has 0 bridgehead atoms. The highest BCUT2D eigenvalue weighted by Gasteiger charge is 2.37. The maximum absolute atomic E-state index is 12.9. The molecule has 1 aromatic rings. The van der Waals surface area contributed by atoms with Gasteiger partial charge in [-0.15, -0.1) is 0 Å². The molecule has 9 heteroatoms. The number of amides is 2. The van der Waals surface area contributed by atoms with E-state index in [0.717, 1.165) is 31.4 Å². The molecule has 3 rings (SSSR count). The second-order valence-electron chi connectivity index (χ2n) is 6.79. The Bertz CT molecular complexity index is 711. The summed E-state index contributed by atoms with van der Waals surface area (Å²) in [6.07, 6.45) is 6.17. The van der Waals surface area contributed by atoms with E-state index in [1.165, 1.54) is 0 Å². The maximum Gasteiger partial charge on any atom is 0.318 e. The van der Waals surface area contributed by atoms with Gasteiger partial charge in [0.25, 0.3) is 0 Å². The largest absolute Gasteiger partial charge is 0.376 e. The van der Waals surface area contributed by atoms with E-state index in [2.05, 4.69) is 10.4 Å². The van der Waals surface area contributed by atoms with Crippen molar-refractivity contribution in [1.82, 2.24) is 20.0 Å². The van der Waals surface area contributed by atoms with Gasteiger partial charge in [0.05, 0.1) is 35.9 Å². The molecule has 1 N–H and O–H groups in total. The Morgan fingerprint density at radius 2 is 2.32 bits per heavy atom. The average molecular weight is 370 g/mol. The Morgan fingerprint density at radius 1 is 1.52 bits per heavy atom. The standard InChI is InChI=1S/C16H26N4O4S/c1-3-13(15-5-4-7-24-15)18-16(21)20-6-8-25(22,23)11-14(20)12-9-17-19(2)10-12/h9-10,13-15H,3-8,11H2,1-2H3,(H,18,21)/t13-,14+,15-/m0/s1. The van der Waals surface area contributed by atoms with Crippen molar-refractivity contribution in [1.29, 1.82) is 0 Å². The number of carbonyl (C=O) groups excluding carboxylic acids is 1. The van der Waals surface area contributed by atoms with Crippen molar-refractivity contribution in [2.45, 2.75) is 44.4 Å². The number of sulfone groups is 1. The van der Waals surface area contributed by atoms with Crippen LogP contribution in [0.15, 0.2) is 12.4 Å². The first-order valence-corrected chi connectivity index (χ1v) is 10.6. The fourth-order valence-electron chi connectivity index (χ4n) is 3.56. The lowest BCUT2D eigenvalue weighted by Gasteiger charge is -2.36. The van der Waals surface area contributed by atoms with E-state index in [1.807, 2.05) is 6.92 Å². The number of hydrogen-bond acceptors (Lipinski definition) is 5. The second-order valence-corrected chi connectivity index (χ2v) is 9.02. The molecule has 1 aromatic heterocycles. The number of urea groups is 1. The zero-order valence-corrected chi connectivity index (χ0v) is 15.5. The number of aromatic nitrogens is 2. The third-order valence-corrected chi connectivity index (χ3v) is 6.59. The van der Waals surface area contributed by atoms with Gasteiger partial charge < -0.3 is 15.0 Å². The van der Waals surface area contributed by atoms with E-state index < -0.39 is 15.9 Å². The minimum Gasteiger partial charge on any atom is -0.376 e. The number of hydrogen-bond donors (Lipinski definition) is 1. The molecular formula is C16H26N4O4S. The van der Waals surface area contributed by atoms with Gasteiger partial charge in [-0.3, -0.25) is 4.68 Å². The summed E-state index contributed by atoms with van der Waals surface area (Å²) in [4.78, 5) is 14.5. The number of ether oxygens (including phenoxy) is 1. The topological polar surface area (TPSA) is 93.5 Å². The maximum atomic E-state index is 12.9. The molecule has 2 aliphatic heterocycles. The highest BCUT2D eigenvalue weighted by atomic mass is 32.2. The van der Waals surface area contributed by atoms with Crippen molar-refractivity contribution >= 4 is 15.9 Å². The van der Waals surface area contributed by atoms with Crippen LogP contribution in [0.25, 0.3) is 0 Å². The van der Waals surface area contributed by atoms with Crippen LogP contribution in [0.4, 0.5) is 4.79 Å². The summed E-state index contributed by atoms with van der Waals surface area (Å²) in [7, 11) is -1.40. The fraction of sp³-hybridized carbons (Fsp3) is 0.750. The minimum absolute atomic E-state index is 0.00605. The highest BCUT2D eigenvalue weighted by Crippen LogP contribution is 2.27. The normalized spacial score (nSPS) is 27.2. The van der Waals surface area contributed by atoms with Crippen LogP contribution in [-0.4, -0.2) is 65.9 Å². The van der Waals surface area contributed by atoms with Crippen LogP contribution in [0, 0.1) is 0 Å². The smallest absolute Gasteiger partial charge is 0.318 e. The predicted octanol–water partition coefficient (Wildman–Crippen LogP) is 0.859. The van der Waals surface area contributed by atoms with E-state index in [9.17, 15) is 13.2 Å². The van der Waals surface area contributed by atoms with Crippen molar-refractivity contribution in [2.24, 2.45) is 7.05 Å². The molecule has 0 aliphatic carbocycles. The van der Waals surface area contributed by atoms with Gasteiger partial charge in [-0.05, 0) is 19.3 Å². The molecule has 0 radical (unpaired) electrons. The number of carbonyl (C=O) groups is 1. The Labute approximate surface area is 148 Å². The van der Waals surface area contributed by atoms with Gasteiger partial charge in [0, 0.05) is 32.0 Å². The molecule has 25 heavy (non-hydrogen) atoms. The van der Waals surface area contributed by atoms with Crippen LogP contribution in [0.3, 0.4) is 0 Å². The highest BCUT2D eigenvalue weighted by molar-refractivity contribution is 7.91. The zero-order valence-electron chi connectivity index (χ0n) is 14.7. The van der Waals surface area contributed by atoms with Crippen molar-refractivity contribution in [3.63, 3.8) is 0 Å². The molecule has 3 atom stereocenters. The molecule has 2 amide bonds. The minimum atomic E-state index is -3.17. The number of rotatable bonds is 4. The summed E-state index contributed by atoms with van der Waals surface area (Å²) in [5.74, 6) is -0.0727. The third kappa shape index (κ3) is 4.14. The van der Waals surface area contributed by atoms with Crippen LogP contribution in [0.1, 0.15) is 37.8 Å². The van der Waals surface area contributed by atoms with Crippen LogP contribution in [0.5, 0.6) is 0 Å². The van der Waals surface area contributed by atoms with Crippen LogP contribution >= 0.6 is 0 Å². The molecule has 140 valence electrons. The quantitative estimate of drug-likeness (QED) is 0.848.